The molecule has 1 amide bonds. The molecule has 0 spiro atoms. The van der Waals surface area contributed by atoms with E-state index in [1.54, 1.807) is 0 Å². The first-order valence-electron chi connectivity index (χ1n) is 8.74. The van der Waals surface area contributed by atoms with Crippen LogP contribution in [-0.2, 0) is 20.9 Å². The number of halogens is 3. The van der Waals surface area contributed by atoms with Gasteiger partial charge in [-0.1, -0.05) is 0 Å². The molecule has 30 heavy (non-hydrogen) atoms. The van der Waals surface area contributed by atoms with Gasteiger partial charge in [-0.15, -0.1) is 0 Å². The van der Waals surface area contributed by atoms with Gasteiger partial charge in [0.25, 0.3) is 0 Å². The Morgan fingerprint density at radius 2 is 1.93 bits per heavy atom. The van der Waals surface area contributed by atoms with E-state index in [-0.39, 0.29) is 23.9 Å². The summed E-state index contributed by atoms with van der Waals surface area (Å²) in [4.78, 5) is 15.0. The summed E-state index contributed by atoms with van der Waals surface area (Å²) in [5, 5.41) is 2.41. The van der Waals surface area contributed by atoms with E-state index in [2.05, 4.69) is 15.0 Å². The van der Waals surface area contributed by atoms with E-state index in [1.165, 1.54) is 35.7 Å². The van der Waals surface area contributed by atoms with E-state index in [9.17, 15) is 26.4 Å². The maximum Gasteiger partial charge on any atom is 0.416 e. The molecule has 0 bridgehead atoms. The van der Waals surface area contributed by atoms with E-state index in [1.807, 2.05) is 0 Å². The van der Waals surface area contributed by atoms with Crippen LogP contribution in [0.4, 0.5) is 23.7 Å². The number of carbonyl (C=O) groups is 1. The lowest BCUT2D eigenvalue weighted by atomic mass is 10.2. The van der Waals surface area contributed by atoms with Crippen molar-refractivity contribution in [3.63, 3.8) is 0 Å². The number of alkyl halides is 3. The highest BCUT2D eigenvalue weighted by Crippen LogP contribution is 2.31. The lowest BCUT2D eigenvalue weighted by Gasteiger charge is -2.17. The topological polar surface area (TPSA) is 97.8 Å². The fourth-order valence-electron chi connectivity index (χ4n) is 2.86. The van der Waals surface area contributed by atoms with Crippen molar-refractivity contribution < 1.29 is 35.9 Å². The molecule has 0 unspecified atom stereocenters. The minimum absolute atomic E-state index is 0.00996. The number of anilines is 1. The summed E-state index contributed by atoms with van der Waals surface area (Å²) >= 11 is 0. The largest absolute Gasteiger partial charge is 0.473 e. The quantitative estimate of drug-likeness (QED) is 0.760. The third kappa shape index (κ3) is 5.00. The molecule has 1 aromatic heterocycles. The van der Waals surface area contributed by atoms with Crippen molar-refractivity contribution in [2.24, 2.45) is 0 Å². The zero-order valence-electron chi connectivity index (χ0n) is 15.7. The van der Waals surface area contributed by atoms with Crippen LogP contribution in [0.25, 0.3) is 0 Å². The number of nitrogens with zero attached hydrogens (tertiary/aromatic N) is 2. The molecule has 0 saturated carbocycles. The molecule has 1 N–H and O–H groups in total. The van der Waals surface area contributed by atoms with Crippen LogP contribution in [0.1, 0.15) is 12.0 Å². The summed E-state index contributed by atoms with van der Waals surface area (Å²) in [6, 6.07) is 7.12. The number of benzene rings is 1. The zero-order chi connectivity index (χ0) is 21.9. The number of sulfonamides is 1. The lowest BCUT2D eigenvalue weighted by Crippen LogP contribution is -2.31. The Balaban J connectivity index is 1.66. The maximum atomic E-state index is 12.8. The number of pyridine rings is 1. The van der Waals surface area contributed by atoms with Crippen molar-refractivity contribution in [2.45, 2.75) is 23.6 Å². The second-order valence-corrected chi connectivity index (χ2v) is 8.35. The van der Waals surface area contributed by atoms with Crippen molar-refractivity contribution in [1.82, 2.24) is 9.29 Å². The fourth-order valence-corrected chi connectivity index (χ4v) is 4.35. The van der Waals surface area contributed by atoms with Gasteiger partial charge in [-0.3, -0.25) is 5.32 Å². The van der Waals surface area contributed by atoms with E-state index in [0.717, 1.165) is 18.3 Å². The predicted octanol–water partition coefficient (Wildman–Crippen LogP) is 3.12. The van der Waals surface area contributed by atoms with Gasteiger partial charge in [0.2, 0.25) is 15.9 Å². The minimum Gasteiger partial charge on any atom is -0.473 e. The SMILES string of the molecule is COC(=O)Nc1ccc(S(=O)(=O)N2CC[C@H](Oc3cc(C(F)(F)F)ccn3)C2)cc1. The average molecular weight is 445 g/mol. The van der Waals surface area contributed by atoms with E-state index in [4.69, 9.17) is 4.74 Å². The Hall–Kier alpha value is -2.86. The van der Waals surface area contributed by atoms with Crippen LogP contribution in [-0.4, -0.2) is 50.1 Å². The molecule has 0 radical (unpaired) electrons. The van der Waals surface area contributed by atoms with Crippen LogP contribution < -0.4 is 10.1 Å². The van der Waals surface area contributed by atoms with Crippen molar-refractivity contribution in [3.8, 4) is 5.88 Å². The number of hydrogen-bond acceptors (Lipinski definition) is 6. The summed E-state index contributed by atoms with van der Waals surface area (Å²) < 4.78 is 75.1. The molecule has 1 aliphatic heterocycles. The van der Waals surface area contributed by atoms with E-state index < -0.39 is 34.0 Å². The molecule has 1 aromatic carbocycles. The number of methoxy groups -OCH3 is 1. The van der Waals surface area contributed by atoms with Crippen LogP contribution in [0.15, 0.2) is 47.5 Å². The second kappa shape index (κ2) is 8.48. The van der Waals surface area contributed by atoms with Gasteiger partial charge in [0.1, 0.15) is 6.10 Å². The predicted molar refractivity (Wildman–Crippen MR) is 99.5 cm³/mol. The Morgan fingerprint density at radius 3 is 2.57 bits per heavy atom. The standard InChI is InChI=1S/C18H18F3N3O5S/c1-28-17(25)23-13-2-4-15(5-3-13)30(26,27)24-9-7-14(11-24)29-16-10-12(6-8-22-16)18(19,20)21/h2-6,8,10,14H,7,9,11H2,1H3,(H,23,25)/t14-/m0/s1. The molecule has 3 rings (SSSR count). The molecule has 1 saturated heterocycles. The van der Waals surface area contributed by atoms with E-state index in [0.29, 0.717) is 12.1 Å². The lowest BCUT2D eigenvalue weighted by molar-refractivity contribution is -0.137. The number of hydrogen-bond donors (Lipinski definition) is 1. The van der Waals surface area contributed by atoms with Gasteiger partial charge in [-0.2, -0.15) is 17.5 Å². The molecule has 1 aliphatic rings. The van der Waals surface area contributed by atoms with Gasteiger partial charge < -0.3 is 9.47 Å². The van der Waals surface area contributed by atoms with Gasteiger partial charge in [0.05, 0.1) is 24.1 Å². The summed E-state index contributed by atoms with van der Waals surface area (Å²) in [6.07, 6.45) is -4.55. The summed E-state index contributed by atoms with van der Waals surface area (Å²) in [6.45, 7) is 0.122. The van der Waals surface area contributed by atoms with Crippen LogP contribution in [0.2, 0.25) is 0 Å². The maximum absolute atomic E-state index is 12.8. The van der Waals surface area contributed by atoms with Crippen LogP contribution >= 0.6 is 0 Å². The molecule has 8 nitrogen and oxygen atoms in total. The highest BCUT2D eigenvalue weighted by atomic mass is 32.2. The molecule has 1 fully saturated rings. The Kier molecular flexibility index (Phi) is 6.17. The number of carbonyl (C=O) groups excluding carboxylic acids is 1. The van der Waals surface area contributed by atoms with Gasteiger partial charge in [-0.25, -0.2) is 18.2 Å². The molecule has 12 heteroatoms. The molecule has 0 aliphatic carbocycles. The van der Waals surface area contributed by atoms with E-state index >= 15 is 0 Å². The molecule has 2 aromatic rings. The van der Waals surface area contributed by atoms with Crippen molar-refractivity contribution in [1.29, 1.82) is 0 Å². The summed E-state index contributed by atoms with van der Waals surface area (Å²) in [7, 11) is -2.63. The van der Waals surface area contributed by atoms with Crippen molar-refractivity contribution >= 4 is 21.8 Å². The van der Waals surface area contributed by atoms with Gasteiger partial charge >= 0.3 is 12.3 Å². The van der Waals surface area contributed by atoms with Crippen LogP contribution in [0, 0.1) is 0 Å². The Bertz CT molecular complexity index is 1010. The molecule has 2 heterocycles. The first-order valence-corrected chi connectivity index (χ1v) is 10.2. The first-order chi connectivity index (χ1) is 14.1. The average Bonchev–Trinajstić information content (AvgIpc) is 3.17. The van der Waals surface area contributed by atoms with Gasteiger partial charge in [-0.05, 0) is 36.8 Å². The van der Waals surface area contributed by atoms with Gasteiger partial charge in [0, 0.05) is 24.5 Å². The monoisotopic (exact) mass is 445 g/mol. The first kappa shape index (κ1) is 21.8. The number of ether oxygens (including phenoxy) is 2. The van der Waals surface area contributed by atoms with Crippen molar-refractivity contribution in [2.75, 3.05) is 25.5 Å². The fraction of sp³-hybridized carbons (Fsp3) is 0.333. The Labute approximate surface area is 170 Å². The normalized spacial score (nSPS) is 17.5. The highest BCUT2D eigenvalue weighted by molar-refractivity contribution is 7.89. The minimum atomic E-state index is -4.53. The second-order valence-electron chi connectivity index (χ2n) is 6.41. The van der Waals surface area contributed by atoms with Crippen molar-refractivity contribution in [3.05, 3.63) is 48.2 Å². The zero-order valence-corrected chi connectivity index (χ0v) is 16.5. The molecular weight excluding hydrogens is 427 g/mol. The smallest absolute Gasteiger partial charge is 0.416 e. The molecule has 1 atom stereocenters. The van der Waals surface area contributed by atoms with Crippen LogP contribution in [0.3, 0.4) is 0 Å². The molecule has 162 valence electrons. The third-order valence-electron chi connectivity index (χ3n) is 4.38. The Morgan fingerprint density at radius 1 is 1.23 bits per heavy atom. The van der Waals surface area contributed by atoms with Gasteiger partial charge in [0.15, 0.2) is 0 Å². The summed E-state index contributed by atoms with van der Waals surface area (Å²) in [5.41, 5.74) is -0.533. The number of aromatic nitrogens is 1. The number of nitrogens with one attached hydrogen (secondary N) is 1. The summed E-state index contributed by atoms with van der Waals surface area (Å²) in [5.74, 6) is -0.215. The van der Waals surface area contributed by atoms with Crippen LogP contribution in [0.5, 0.6) is 5.88 Å². The highest BCUT2D eigenvalue weighted by Gasteiger charge is 2.35. The molecular formula is C18H18F3N3O5S. The number of rotatable bonds is 5. The number of amides is 1. The third-order valence-corrected chi connectivity index (χ3v) is 6.26.